The van der Waals surface area contributed by atoms with Gasteiger partial charge in [-0.25, -0.2) is 9.34 Å². The molecule has 0 aromatic carbocycles. The molecule has 0 spiro atoms. The summed E-state index contributed by atoms with van der Waals surface area (Å²) in [6, 6.07) is 5.45. The second kappa shape index (κ2) is 27.5. The van der Waals surface area contributed by atoms with E-state index in [4.69, 9.17) is 40.4 Å². The summed E-state index contributed by atoms with van der Waals surface area (Å²) in [5.41, 5.74) is 0. The van der Waals surface area contributed by atoms with Crippen LogP contribution in [0.25, 0.3) is 0 Å². The van der Waals surface area contributed by atoms with Gasteiger partial charge in [0.15, 0.2) is 0 Å². The Kier molecular flexibility index (Phi) is 30.5. The molecule has 0 saturated heterocycles. The maximum atomic E-state index is 11.7. The fourth-order valence-corrected chi connectivity index (χ4v) is 9.32. The van der Waals surface area contributed by atoms with Gasteiger partial charge in [0.05, 0.1) is 59.1 Å². The number of aliphatic hydroxyl groups excluding tert-OH is 1. The van der Waals surface area contributed by atoms with Crippen LogP contribution in [0.3, 0.4) is 0 Å². The van der Waals surface area contributed by atoms with Crippen LogP contribution in [0, 0.1) is 22.7 Å². The molecule has 0 rings (SSSR count). The van der Waals surface area contributed by atoms with Crippen LogP contribution in [-0.4, -0.2) is 104 Å². The zero-order chi connectivity index (χ0) is 34.2. The molecule has 0 bridgehead atoms. The van der Waals surface area contributed by atoms with E-state index in [1.165, 1.54) is 0 Å². The molecule has 0 aromatic heterocycles. The lowest BCUT2D eigenvalue weighted by molar-refractivity contribution is 0.176. The predicted octanol–water partition coefficient (Wildman–Crippen LogP) is 8.78. The molecule has 0 radical (unpaired) electrons. The summed E-state index contributed by atoms with van der Waals surface area (Å²) in [5, 5.41) is 25.3. The third-order valence-electron chi connectivity index (χ3n) is 5.21. The van der Waals surface area contributed by atoms with Gasteiger partial charge >= 0.3 is 0 Å². The first kappa shape index (κ1) is 47.8. The maximum absolute atomic E-state index is 11.7. The van der Waals surface area contributed by atoms with Gasteiger partial charge in [-0.15, -0.1) is 0 Å². The second-order valence-corrected chi connectivity index (χ2v) is 22.6. The van der Waals surface area contributed by atoms with Crippen molar-refractivity contribution in [2.24, 2.45) is 0 Å². The number of aliphatic hydroxyl groups is 1. The van der Waals surface area contributed by atoms with Gasteiger partial charge in [-0.05, 0) is 106 Å². The molecule has 1 N–H and O–H groups in total. The summed E-state index contributed by atoms with van der Waals surface area (Å²) >= 11 is 6.13. The van der Waals surface area contributed by atoms with Crippen molar-refractivity contribution in [1.29, 1.82) is 10.5 Å². The first-order chi connectivity index (χ1) is 19.7. The van der Waals surface area contributed by atoms with Crippen LogP contribution in [0.4, 0.5) is 0 Å². The third kappa shape index (κ3) is 30.8. The highest BCUT2D eigenvalue weighted by molar-refractivity contribution is 7.78. The Bertz CT molecular complexity index is 843. The molecule has 0 amide bonds. The fourth-order valence-electron chi connectivity index (χ4n) is 3.55. The van der Waals surface area contributed by atoms with Crippen LogP contribution in [0.15, 0.2) is 0 Å². The number of nitriles is 2. The molecule has 0 fully saturated rings. The summed E-state index contributed by atoms with van der Waals surface area (Å²) in [6.45, 7) is 25.4. The Labute approximate surface area is 271 Å². The molecule has 256 valence electrons. The van der Waals surface area contributed by atoms with E-state index >= 15 is 0 Å². The third-order valence-corrected chi connectivity index (χ3v) is 12.6. The standard InChI is InChI=1S/C14H30N2O3P2.C9H18ClN2OP.C5H13O2P/c1-13(2)16(14(3)4)20(18-10-7-9-15)19-11-8-12-21(5,6)17;1-8(2)12(9(3)4)14(10)13-7-5-6-11;1-8(2,7)5-3-4-6/h13-14H,7-8,10-12H2,1-6H3;8-9H,5,7H2,1-4H3;6H,3-5H2,1-2H3. The lowest BCUT2D eigenvalue weighted by atomic mass is 10.3. The Morgan fingerprint density at radius 2 is 1.07 bits per heavy atom. The maximum Gasteiger partial charge on any atom is 0.259 e. The first-order valence-corrected chi connectivity index (χ1v) is 23.7. The molecule has 43 heavy (non-hydrogen) atoms. The minimum atomic E-state index is -1.98. The van der Waals surface area contributed by atoms with Crippen molar-refractivity contribution in [2.75, 3.05) is 65.4 Å². The average molecular weight is 709 g/mol. The van der Waals surface area contributed by atoms with E-state index in [-0.39, 0.29) is 6.61 Å². The number of hydrogen-bond donors (Lipinski definition) is 1. The van der Waals surface area contributed by atoms with Crippen molar-refractivity contribution in [1.82, 2.24) is 9.34 Å². The molecule has 10 nitrogen and oxygen atoms in total. The number of hydrogen-bond acceptors (Lipinski definition) is 10. The quantitative estimate of drug-likeness (QED) is 0.0965. The van der Waals surface area contributed by atoms with Crippen LogP contribution in [-0.2, 0) is 22.7 Å². The summed E-state index contributed by atoms with van der Waals surface area (Å²) in [7, 11) is -6.08. The zero-order valence-corrected chi connectivity index (χ0v) is 33.2. The first-order valence-electron chi connectivity index (χ1n) is 14.9. The topological polar surface area (TPSA) is 136 Å². The van der Waals surface area contributed by atoms with E-state index in [9.17, 15) is 9.13 Å². The van der Waals surface area contributed by atoms with Crippen LogP contribution >= 0.6 is 41.7 Å². The lowest BCUT2D eigenvalue weighted by Crippen LogP contribution is -2.33. The van der Waals surface area contributed by atoms with Crippen molar-refractivity contribution in [3.8, 4) is 12.1 Å². The van der Waals surface area contributed by atoms with Gasteiger partial charge in [-0.2, -0.15) is 10.5 Å². The molecule has 2 unspecified atom stereocenters. The van der Waals surface area contributed by atoms with E-state index in [2.05, 4.69) is 70.8 Å². The lowest BCUT2D eigenvalue weighted by Gasteiger charge is -2.35. The fraction of sp³-hybridized carbons (Fsp3) is 0.929. The van der Waals surface area contributed by atoms with E-state index in [1.807, 2.05) is 6.07 Å². The van der Waals surface area contributed by atoms with E-state index in [0.29, 0.717) is 75.6 Å². The van der Waals surface area contributed by atoms with Gasteiger partial charge in [0.25, 0.3) is 8.53 Å². The summed E-state index contributed by atoms with van der Waals surface area (Å²) in [4.78, 5) is 0. The van der Waals surface area contributed by atoms with E-state index in [0.717, 1.165) is 6.42 Å². The molecule has 0 aromatic rings. The van der Waals surface area contributed by atoms with Gasteiger partial charge in [-0.3, -0.25) is 0 Å². The van der Waals surface area contributed by atoms with Crippen molar-refractivity contribution in [2.45, 2.75) is 105 Å². The monoisotopic (exact) mass is 708 g/mol. The minimum absolute atomic E-state index is 0.158. The summed E-state index contributed by atoms with van der Waals surface area (Å²) in [6.07, 6.45) is 3.57. The molecule has 0 aliphatic carbocycles. The minimum Gasteiger partial charge on any atom is -0.396 e. The molecule has 2 atom stereocenters. The SMILES string of the molecule is CC(C)N(C(C)C)P(Cl)OCCC#N.CC(C)N(C(C)C)P(OCCC#N)OCCCP(C)(C)=O.CP(C)(=O)CCCO. The van der Waals surface area contributed by atoms with Crippen molar-refractivity contribution in [3.05, 3.63) is 0 Å². The van der Waals surface area contributed by atoms with Crippen LogP contribution in [0.1, 0.15) is 81.1 Å². The smallest absolute Gasteiger partial charge is 0.259 e. The normalized spacial score (nSPS) is 13.4. The highest BCUT2D eigenvalue weighted by Crippen LogP contribution is 2.49. The van der Waals surface area contributed by atoms with Crippen LogP contribution in [0.2, 0.25) is 0 Å². The second-order valence-electron chi connectivity index (χ2n) is 11.9. The molecule has 15 heteroatoms. The summed E-state index contributed by atoms with van der Waals surface area (Å²) < 4.78 is 44.0. The van der Waals surface area contributed by atoms with E-state index in [1.54, 1.807) is 26.7 Å². The number of nitrogens with zero attached hydrogens (tertiary/aromatic N) is 4. The largest absolute Gasteiger partial charge is 0.396 e. The van der Waals surface area contributed by atoms with Gasteiger partial charge in [-0.1, -0.05) is 0 Å². The van der Waals surface area contributed by atoms with Crippen LogP contribution < -0.4 is 0 Å². The zero-order valence-electron chi connectivity index (χ0n) is 28.8. The Morgan fingerprint density at radius 3 is 1.40 bits per heavy atom. The highest BCUT2D eigenvalue weighted by atomic mass is 35.7. The Balaban J connectivity index is -0.000000623. The van der Waals surface area contributed by atoms with Crippen molar-refractivity contribution in [3.63, 3.8) is 0 Å². The highest BCUT2D eigenvalue weighted by Gasteiger charge is 2.27. The molecular formula is C28H61ClN4O6P4. The van der Waals surface area contributed by atoms with Crippen molar-refractivity contribution < 1.29 is 27.8 Å². The molecule has 0 aliphatic heterocycles. The molecule has 0 heterocycles. The van der Waals surface area contributed by atoms with E-state index < -0.39 is 30.5 Å². The molecular weight excluding hydrogens is 648 g/mol. The number of halogens is 1. The number of rotatable bonds is 20. The molecule has 0 saturated carbocycles. The van der Waals surface area contributed by atoms with Gasteiger partial charge in [0.2, 0.25) is 7.65 Å². The van der Waals surface area contributed by atoms with Gasteiger partial charge in [0.1, 0.15) is 0 Å². The van der Waals surface area contributed by atoms with Crippen LogP contribution in [0.5, 0.6) is 0 Å². The van der Waals surface area contributed by atoms with Gasteiger partial charge < -0.3 is 27.8 Å². The predicted molar refractivity (Wildman–Crippen MR) is 187 cm³/mol. The van der Waals surface area contributed by atoms with Crippen molar-refractivity contribution >= 4 is 41.7 Å². The molecule has 0 aliphatic rings. The average Bonchev–Trinajstić information content (AvgIpc) is 2.84. The Hall–Kier alpha value is 0.350. The Morgan fingerprint density at radius 1 is 0.698 bits per heavy atom. The van der Waals surface area contributed by atoms with Gasteiger partial charge in [0, 0.05) is 43.1 Å². The summed E-state index contributed by atoms with van der Waals surface area (Å²) in [5.74, 6) is 0.